The minimum atomic E-state index is 0. The number of aliphatic imine (C=N–C) groups is 1. The fourth-order valence-electron chi connectivity index (χ4n) is 3.24. The highest BCUT2D eigenvalue weighted by molar-refractivity contribution is 14.0. The van der Waals surface area contributed by atoms with Gasteiger partial charge in [-0.25, -0.2) is 0 Å². The molecule has 0 saturated carbocycles. The van der Waals surface area contributed by atoms with Crippen LogP contribution in [-0.4, -0.2) is 57.5 Å². The van der Waals surface area contributed by atoms with Gasteiger partial charge in [0.1, 0.15) is 0 Å². The number of halogens is 2. The summed E-state index contributed by atoms with van der Waals surface area (Å²) in [5, 5.41) is 8.63. The number of H-pyrrole nitrogens is 1. The largest absolute Gasteiger partial charge is 0.381 e. The molecule has 1 atom stereocenters. The molecule has 0 amide bonds. The molecular weight excluding hydrogens is 491 g/mol. The summed E-state index contributed by atoms with van der Waals surface area (Å²) in [5.41, 5.74) is 2.36. The van der Waals surface area contributed by atoms with Crippen LogP contribution in [0.25, 0.3) is 10.9 Å². The number of aromatic amines is 1. The number of aromatic nitrogens is 1. The molecule has 1 aromatic heterocycles. The standard InChI is InChI=1S/C20H29ClN4O2.HI/c1-22-20(23-7-2-9-26-13-15-6-10-27-14-15)24-8-5-16-12-25-19-4-3-17(21)11-18(16)19;/h3-4,11-12,15,25H,2,5-10,13-14H2,1H3,(H2,22,23,24);1H. The molecule has 2 aromatic rings. The number of nitrogens with zero attached hydrogens (tertiary/aromatic N) is 1. The van der Waals surface area contributed by atoms with Crippen molar-refractivity contribution < 1.29 is 9.47 Å². The zero-order chi connectivity index (χ0) is 18.9. The normalized spacial score (nSPS) is 16.9. The Morgan fingerprint density at radius 3 is 3.00 bits per heavy atom. The van der Waals surface area contributed by atoms with Crippen molar-refractivity contribution in [2.24, 2.45) is 10.9 Å². The number of hydrogen-bond donors (Lipinski definition) is 3. The maximum Gasteiger partial charge on any atom is 0.190 e. The van der Waals surface area contributed by atoms with Crippen molar-refractivity contribution in [2.45, 2.75) is 19.3 Å². The predicted octanol–water partition coefficient (Wildman–Crippen LogP) is 3.59. The van der Waals surface area contributed by atoms with Gasteiger partial charge in [-0.1, -0.05) is 11.6 Å². The molecule has 156 valence electrons. The average Bonchev–Trinajstić information content (AvgIpc) is 3.33. The lowest BCUT2D eigenvalue weighted by atomic mass is 10.1. The third-order valence-corrected chi connectivity index (χ3v) is 5.01. The lowest BCUT2D eigenvalue weighted by Gasteiger charge is -2.12. The first-order valence-electron chi connectivity index (χ1n) is 9.62. The van der Waals surface area contributed by atoms with Crippen molar-refractivity contribution in [1.29, 1.82) is 0 Å². The summed E-state index contributed by atoms with van der Waals surface area (Å²) in [6, 6.07) is 5.92. The summed E-state index contributed by atoms with van der Waals surface area (Å²) >= 11 is 6.11. The first-order valence-corrected chi connectivity index (χ1v) is 9.99. The third kappa shape index (κ3) is 7.09. The summed E-state index contributed by atoms with van der Waals surface area (Å²) in [5.74, 6) is 1.39. The molecule has 1 aromatic carbocycles. The van der Waals surface area contributed by atoms with Crippen LogP contribution in [-0.2, 0) is 15.9 Å². The number of hydrogen-bond acceptors (Lipinski definition) is 3. The lowest BCUT2D eigenvalue weighted by molar-refractivity contribution is 0.0888. The van der Waals surface area contributed by atoms with Crippen molar-refractivity contribution in [1.82, 2.24) is 15.6 Å². The summed E-state index contributed by atoms with van der Waals surface area (Å²) in [6.07, 6.45) is 5.02. The van der Waals surface area contributed by atoms with Crippen LogP contribution in [0.15, 0.2) is 29.4 Å². The Morgan fingerprint density at radius 1 is 1.36 bits per heavy atom. The summed E-state index contributed by atoms with van der Waals surface area (Å²) in [6.45, 7) is 4.93. The van der Waals surface area contributed by atoms with Gasteiger partial charge < -0.3 is 25.1 Å². The maximum absolute atomic E-state index is 6.11. The van der Waals surface area contributed by atoms with Gasteiger partial charge in [-0.05, 0) is 43.0 Å². The number of fused-ring (bicyclic) bond motifs is 1. The van der Waals surface area contributed by atoms with E-state index >= 15 is 0 Å². The van der Waals surface area contributed by atoms with Gasteiger partial charge in [0.15, 0.2) is 5.96 Å². The SMILES string of the molecule is CN=C(NCCCOCC1CCOC1)NCCc1c[nH]c2ccc(Cl)cc12.I. The van der Waals surface area contributed by atoms with Gasteiger partial charge in [0.2, 0.25) is 0 Å². The highest BCUT2D eigenvalue weighted by atomic mass is 127. The third-order valence-electron chi connectivity index (χ3n) is 4.78. The first-order chi connectivity index (χ1) is 13.3. The van der Waals surface area contributed by atoms with Crippen LogP contribution in [0.5, 0.6) is 0 Å². The van der Waals surface area contributed by atoms with Crippen LogP contribution in [0.4, 0.5) is 0 Å². The van der Waals surface area contributed by atoms with Gasteiger partial charge in [-0.2, -0.15) is 0 Å². The van der Waals surface area contributed by atoms with Gasteiger partial charge in [0.05, 0.1) is 13.2 Å². The van der Waals surface area contributed by atoms with Crippen molar-refractivity contribution in [3.05, 3.63) is 35.0 Å². The monoisotopic (exact) mass is 520 g/mol. The molecule has 0 bridgehead atoms. The van der Waals surface area contributed by atoms with Crippen LogP contribution in [0.2, 0.25) is 5.02 Å². The second-order valence-electron chi connectivity index (χ2n) is 6.84. The molecule has 1 fully saturated rings. The van der Waals surface area contributed by atoms with E-state index in [0.29, 0.717) is 5.92 Å². The van der Waals surface area contributed by atoms with Crippen LogP contribution in [0, 0.1) is 5.92 Å². The van der Waals surface area contributed by atoms with Crippen LogP contribution >= 0.6 is 35.6 Å². The van der Waals surface area contributed by atoms with E-state index in [1.807, 2.05) is 24.4 Å². The predicted molar refractivity (Wildman–Crippen MR) is 126 cm³/mol. The minimum Gasteiger partial charge on any atom is -0.381 e. The van der Waals surface area contributed by atoms with Gasteiger partial charge in [0.25, 0.3) is 0 Å². The van der Waals surface area contributed by atoms with Crippen molar-refractivity contribution >= 4 is 52.4 Å². The van der Waals surface area contributed by atoms with E-state index in [1.54, 1.807) is 7.05 Å². The van der Waals surface area contributed by atoms with Gasteiger partial charge in [-0.15, -0.1) is 24.0 Å². The number of guanidine groups is 1. The molecule has 28 heavy (non-hydrogen) atoms. The van der Waals surface area contributed by atoms with E-state index in [-0.39, 0.29) is 24.0 Å². The molecule has 1 aliphatic rings. The maximum atomic E-state index is 6.11. The number of ether oxygens (including phenoxy) is 2. The second-order valence-corrected chi connectivity index (χ2v) is 7.27. The quantitative estimate of drug-likeness (QED) is 0.205. The second kappa shape index (κ2) is 12.5. The van der Waals surface area contributed by atoms with Crippen LogP contribution < -0.4 is 10.6 Å². The Labute approximate surface area is 188 Å². The Kier molecular flexibility index (Phi) is 10.4. The number of nitrogens with one attached hydrogen (secondary N) is 3. The molecule has 1 saturated heterocycles. The van der Waals surface area contributed by atoms with Gasteiger partial charge >= 0.3 is 0 Å². The Balaban J connectivity index is 0.00000280. The minimum absolute atomic E-state index is 0. The molecule has 2 heterocycles. The summed E-state index contributed by atoms with van der Waals surface area (Å²) < 4.78 is 11.1. The lowest BCUT2D eigenvalue weighted by Crippen LogP contribution is -2.39. The van der Waals surface area contributed by atoms with E-state index < -0.39 is 0 Å². The van der Waals surface area contributed by atoms with Crippen molar-refractivity contribution in [2.75, 3.05) is 46.6 Å². The molecule has 3 rings (SSSR count). The summed E-state index contributed by atoms with van der Waals surface area (Å²) in [4.78, 5) is 7.56. The topological polar surface area (TPSA) is 70.7 Å². The van der Waals surface area contributed by atoms with E-state index in [2.05, 4.69) is 20.6 Å². The molecule has 0 aliphatic carbocycles. The Hall–Kier alpha value is -1.03. The molecular formula is C20H30ClIN4O2. The highest BCUT2D eigenvalue weighted by Gasteiger charge is 2.15. The number of rotatable bonds is 9. The van der Waals surface area contributed by atoms with E-state index in [9.17, 15) is 0 Å². The fraction of sp³-hybridized carbons (Fsp3) is 0.550. The molecule has 3 N–H and O–H groups in total. The van der Waals surface area contributed by atoms with E-state index in [4.69, 9.17) is 21.1 Å². The Bertz CT molecular complexity index is 747. The molecule has 6 nitrogen and oxygen atoms in total. The number of benzene rings is 1. The van der Waals surface area contributed by atoms with Crippen LogP contribution in [0.3, 0.4) is 0 Å². The van der Waals surface area contributed by atoms with E-state index in [1.165, 1.54) is 10.9 Å². The zero-order valence-electron chi connectivity index (χ0n) is 16.3. The first kappa shape index (κ1) is 23.3. The van der Waals surface area contributed by atoms with E-state index in [0.717, 1.165) is 75.3 Å². The molecule has 0 spiro atoms. The fourth-order valence-corrected chi connectivity index (χ4v) is 3.41. The van der Waals surface area contributed by atoms with Gasteiger partial charge in [0, 0.05) is 61.4 Å². The van der Waals surface area contributed by atoms with Crippen molar-refractivity contribution in [3.8, 4) is 0 Å². The molecule has 8 heteroatoms. The molecule has 0 radical (unpaired) electrons. The Morgan fingerprint density at radius 2 is 2.21 bits per heavy atom. The van der Waals surface area contributed by atoms with Crippen molar-refractivity contribution in [3.63, 3.8) is 0 Å². The molecule has 1 aliphatic heterocycles. The summed E-state index contributed by atoms with van der Waals surface area (Å²) in [7, 11) is 1.79. The highest BCUT2D eigenvalue weighted by Crippen LogP contribution is 2.22. The van der Waals surface area contributed by atoms with Crippen LogP contribution in [0.1, 0.15) is 18.4 Å². The van der Waals surface area contributed by atoms with Gasteiger partial charge in [-0.3, -0.25) is 4.99 Å². The average molecular weight is 521 g/mol. The smallest absolute Gasteiger partial charge is 0.190 e. The zero-order valence-corrected chi connectivity index (χ0v) is 19.4. The molecule has 1 unspecified atom stereocenters.